The summed E-state index contributed by atoms with van der Waals surface area (Å²) < 4.78 is 0. The lowest BCUT2D eigenvalue weighted by molar-refractivity contribution is 0.497. The lowest BCUT2D eigenvalue weighted by Crippen LogP contribution is -2.23. The van der Waals surface area contributed by atoms with Gasteiger partial charge in [0.2, 0.25) is 0 Å². The van der Waals surface area contributed by atoms with Crippen LogP contribution in [0.5, 0.6) is 0 Å². The summed E-state index contributed by atoms with van der Waals surface area (Å²) >= 11 is 5.96. The lowest BCUT2D eigenvalue weighted by atomic mass is 10.0. The predicted molar refractivity (Wildman–Crippen MR) is 87.2 cm³/mol. The van der Waals surface area contributed by atoms with Gasteiger partial charge in [-0.3, -0.25) is 0 Å². The average Bonchev–Trinajstić information content (AvgIpc) is 2.48. The van der Waals surface area contributed by atoms with E-state index >= 15 is 0 Å². The van der Waals surface area contributed by atoms with Crippen LogP contribution in [0.1, 0.15) is 36.9 Å². The summed E-state index contributed by atoms with van der Waals surface area (Å²) in [4.78, 5) is 0. The maximum Gasteiger partial charge on any atom is 0.0406 e. The van der Waals surface area contributed by atoms with Gasteiger partial charge in [-0.25, -0.2) is 0 Å². The second kappa shape index (κ2) is 8.08. The van der Waals surface area contributed by atoms with Crippen molar-refractivity contribution in [2.24, 2.45) is 0 Å². The summed E-state index contributed by atoms with van der Waals surface area (Å²) in [6.07, 6.45) is 3.39. The molecule has 0 aliphatic rings. The van der Waals surface area contributed by atoms with Gasteiger partial charge in [-0.1, -0.05) is 67.4 Å². The summed E-state index contributed by atoms with van der Waals surface area (Å²) in [7, 11) is 0. The second-order valence-electron chi connectivity index (χ2n) is 5.08. The molecule has 2 aromatic carbocycles. The van der Waals surface area contributed by atoms with Gasteiger partial charge in [-0.2, -0.15) is 0 Å². The topological polar surface area (TPSA) is 12.0 Å². The maximum atomic E-state index is 5.96. The minimum Gasteiger partial charge on any atom is -0.310 e. The van der Waals surface area contributed by atoms with Gasteiger partial charge in [0.1, 0.15) is 0 Å². The molecule has 2 heteroatoms. The average molecular weight is 288 g/mol. The maximum absolute atomic E-state index is 5.96. The van der Waals surface area contributed by atoms with E-state index in [1.807, 2.05) is 12.1 Å². The molecule has 0 spiro atoms. The first-order chi connectivity index (χ1) is 9.79. The standard InChI is InChI=1S/C18H22ClN/c1-2-6-18(16-9-11-17(19)12-10-16)20-14-13-15-7-4-3-5-8-15/h3-5,7-12,18,20H,2,6,13-14H2,1H3. The third-order valence-electron chi connectivity index (χ3n) is 3.50. The smallest absolute Gasteiger partial charge is 0.0406 e. The van der Waals surface area contributed by atoms with E-state index in [2.05, 4.69) is 54.7 Å². The van der Waals surface area contributed by atoms with Gasteiger partial charge in [-0.15, -0.1) is 0 Å². The highest BCUT2D eigenvalue weighted by molar-refractivity contribution is 6.30. The van der Waals surface area contributed by atoms with Gasteiger partial charge in [0, 0.05) is 11.1 Å². The van der Waals surface area contributed by atoms with Crippen molar-refractivity contribution in [2.45, 2.75) is 32.2 Å². The normalized spacial score (nSPS) is 12.3. The van der Waals surface area contributed by atoms with Gasteiger partial charge < -0.3 is 5.32 Å². The fourth-order valence-electron chi connectivity index (χ4n) is 2.41. The van der Waals surface area contributed by atoms with Crippen molar-refractivity contribution < 1.29 is 0 Å². The van der Waals surface area contributed by atoms with Gasteiger partial charge in [0.05, 0.1) is 0 Å². The molecule has 106 valence electrons. The summed E-state index contributed by atoms with van der Waals surface area (Å²) in [6.45, 7) is 3.22. The van der Waals surface area contributed by atoms with Crippen LogP contribution in [-0.4, -0.2) is 6.54 Å². The van der Waals surface area contributed by atoms with E-state index < -0.39 is 0 Å². The zero-order valence-corrected chi connectivity index (χ0v) is 12.7. The van der Waals surface area contributed by atoms with Crippen LogP contribution in [0.25, 0.3) is 0 Å². The zero-order chi connectivity index (χ0) is 14.2. The number of nitrogens with one attached hydrogen (secondary N) is 1. The van der Waals surface area contributed by atoms with Gasteiger partial charge in [0.25, 0.3) is 0 Å². The largest absolute Gasteiger partial charge is 0.310 e. The minimum atomic E-state index is 0.418. The molecule has 0 aromatic heterocycles. The van der Waals surface area contributed by atoms with E-state index in [1.165, 1.54) is 17.5 Å². The summed E-state index contributed by atoms with van der Waals surface area (Å²) in [5.74, 6) is 0. The van der Waals surface area contributed by atoms with Gasteiger partial charge >= 0.3 is 0 Å². The minimum absolute atomic E-state index is 0.418. The first-order valence-corrected chi connectivity index (χ1v) is 7.70. The molecule has 2 rings (SSSR count). The van der Waals surface area contributed by atoms with Crippen LogP contribution in [-0.2, 0) is 6.42 Å². The third kappa shape index (κ3) is 4.66. The Balaban J connectivity index is 1.90. The monoisotopic (exact) mass is 287 g/mol. The molecule has 0 fully saturated rings. The van der Waals surface area contributed by atoms with Crippen molar-refractivity contribution in [3.63, 3.8) is 0 Å². The van der Waals surface area contributed by atoms with Crippen LogP contribution in [0.3, 0.4) is 0 Å². The number of halogens is 1. The van der Waals surface area contributed by atoms with Crippen LogP contribution in [0.2, 0.25) is 5.02 Å². The van der Waals surface area contributed by atoms with E-state index in [4.69, 9.17) is 11.6 Å². The van der Waals surface area contributed by atoms with E-state index in [-0.39, 0.29) is 0 Å². The molecule has 0 aliphatic carbocycles. The summed E-state index contributed by atoms with van der Waals surface area (Å²) in [5.41, 5.74) is 2.70. The molecule has 0 aliphatic heterocycles. The zero-order valence-electron chi connectivity index (χ0n) is 12.0. The van der Waals surface area contributed by atoms with E-state index in [0.29, 0.717) is 6.04 Å². The molecule has 0 saturated heterocycles. The van der Waals surface area contributed by atoms with Crippen LogP contribution < -0.4 is 5.32 Å². The molecule has 1 N–H and O–H groups in total. The molecule has 1 unspecified atom stereocenters. The molecule has 20 heavy (non-hydrogen) atoms. The Bertz CT molecular complexity index is 493. The fourth-order valence-corrected chi connectivity index (χ4v) is 2.53. The molecule has 0 heterocycles. The van der Waals surface area contributed by atoms with Crippen molar-refractivity contribution in [3.05, 3.63) is 70.7 Å². The lowest BCUT2D eigenvalue weighted by Gasteiger charge is -2.19. The van der Waals surface area contributed by atoms with E-state index in [1.54, 1.807) is 0 Å². The quantitative estimate of drug-likeness (QED) is 0.754. The second-order valence-corrected chi connectivity index (χ2v) is 5.52. The van der Waals surface area contributed by atoms with Crippen molar-refractivity contribution in [2.75, 3.05) is 6.54 Å². The molecule has 0 saturated carbocycles. The predicted octanol–water partition coefficient (Wildman–Crippen LogP) is 5.01. The highest BCUT2D eigenvalue weighted by atomic mass is 35.5. The molecule has 0 radical (unpaired) electrons. The van der Waals surface area contributed by atoms with Gasteiger partial charge in [-0.05, 0) is 42.6 Å². The Hall–Kier alpha value is -1.31. The van der Waals surface area contributed by atoms with Crippen LogP contribution in [0.4, 0.5) is 0 Å². The SMILES string of the molecule is CCCC(NCCc1ccccc1)c1ccc(Cl)cc1. The van der Waals surface area contributed by atoms with Crippen molar-refractivity contribution in [3.8, 4) is 0 Å². The van der Waals surface area contributed by atoms with Crippen molar-refractivity contribution in [1.82, 2.24) is 5.32 Å². The Morgan fingerprint density at radius 3 is 2.35 bits per heavy atom. The molecule has 1 atom stereocenters. The molecule has 0 amide bonds. The number of hydrogen-bond donors (Lipinski definition) is 1. The number of rotatable bonds is 7. The highest BCUT2D eigenvalue weighted by Gasteiger charge is 2.09. The molecule has 2 aromatic rings. The summed E-state index contributed by atoms with van der Waals surface area (Å²) in [5, 5.41) is 4.46. The number of benzene rings is 2. The highest BCUT2D eigenvalue weighted by Crippen LogP contribution is 2.20. The molecular weight excluding hydrogens is 266 g/mol. The van der Waals surface area contributed by atoms with E-state index in [0.717, 1.165) is 24.4 Å². The van der Waals surface area contributed by atoms with Crippen LogP contribution in [0.15, 0.2) is 54.6 Å². The van der Waals surface area contributed by atoms with Crippen molar-refractivity contribution >= 4 is 11.6 Å². The Kier molecular flexibility index (Phi) is 6.10. The molecule has 0 bridgehead atoms. The van der Waals surface area contributed by atoms with E-state index in [9.17, 15) is 0 Å². The first kappa shape index (κ1) is 15.1. The molecule has 1 nitrogen and oxygen atoms in total. The third-order valence-corrected chi connectivity index (χ3v) is 3.75. The van der Waals surface area contributed by atoms with Crippen LogP contribution >= 0.6 is 11.6 Å². The Labute approximate surface area is 127 Å². The van der Waals surface area contributed by atoms with Gasteiger partial charge in [0.15, 0.2) is 0 Å². The van der Waals surface area contributed by atoms with Crippen LogP contribution in [0, 0.1) is 0 Å². The summed E-state index contributed by atoms with van der Waals surface area (Å²) in [6, 6.07) is 19.2. The number of hydrogen-bond acceptors (Lipinski definition) is 1. The fraction of sp³-hybridized carbons (Fsp3) is 0.333. The Morgan fingerprint density at radius 1 is 1.00 bits per heavy atom. The first-order valence-electron chi connectivity index (χ1n) is 7.32. The molecular formula is C18H22ClN. The Morgan fingerprint density at radius 2 is 1.70 bits per heavy atom. The van der Waals surface area contributed by atoms with Crippen molar-refractivity contribution in [1.29, 1.82) is 0 Å².